The van der Waals surface area contributed by atoms with Crippen molar-refractivity contribution < 1.29 is 24.0 Å². The Morgan fingerprint density at radius 1 is 1.48 bits per heavy atom. The first-order valence-electron chi connectivity index (χ1n) is 5.71. The number of aromatic nitrogens is 1. The van der Waals surface area contributed by atoms with Gasteiger partial charge in [0.05, 0.1) is 10.5 Å². The maximum Gasteiger partial charge on any atom is 0.337 e. The van der Waals surface area contributed by atoms with E-state index in [1.165, 1.54) is 25.1 Å². The summed E-state index contributed by atoms with van der Waals surface area (Å²) in [6.45, 7) is 1.51. The molecule has 7 nitrogen and oxygen atoms in total. The lowest BCUT2D eigenvalue weighted by atomic mass is 10.2. The minimum Gasteiger partial charge on any atom is -0.478 e. The second kappa shape index (κ2) is 5.53. The van der Waals surface area contributed by atoms with E-state index in [-0.39, 0.29) is 11.3 Å². The number of nitro groups is 1. The number of aryl methyl sites for hydroxylation is 1. The largest absolute Gasteiger partial charge is 0.478 e. The van der Waals surface area contributed by atoms with Crippen molar-refractivity contribution in [2.24, 2.45) is 0 Å². The topological polar surface area (TPSA) is 103 Å². The van der Waals surface area contributed by atoms with Crippen LogP contribution in [0.5, 0.6) is 11.6 Å². The second-order valence-electron chi connectivity index (χ2n) is 4.10. The molecule has 2 aromatic rings. The maximum absolute atomic E-state index is 13.8. The molecule has 0 bridgehead atoms. The van der Waals surface area contributed by atoms with Gasteiger partial charge in [0.1, 0.15) is 0 Å². The van der Waals surface area contributed by atoms with Gasteiger partial charge in [0.15, 0.2) is 11.6 Å². The van der Waals surface area contributed by atoms with Crippen LogP contribution in [-0.4, -0.2) is 21.0 Å². The number of benzene rings is 1. The molecule has 0 atom stereocenters. The lowest BCUT2D eigenvalue weighted by Gasteiger charge is -2.07. The van der Waals surface area contributed by atoms with E-state index in [2.05, 4.69) is 4.98 Å². The first-order valence-corrected chi connectivity index (χ1v) is 5.71. The molecular formula is C13H9FN2O5. The van der Waals surface area contributed by atoms with Crippen molar-refractivity contribution in [3.8, 4) is 11.6 Å². The first kappa shape index (κ1) is 14.4. The fraction of sp³-hybridized carbons (Fsp3) is 0.0769. The summed E-state index contributed by atoms with van der Waals surface area (Å²) in [5.74, 6) is -2.74. The summed E-state index contributed by atoms with van der Waals surface area (Å²) in [6.07, 6.45) is 0.901. The van der Waals surface area contributed by atoms with Gasteiger partial charge in [0, 0.05) is 12.3 Å². The number of ether oxygens (including phenoxy) is 1. The van der Waals surface area contributed by atoms with E-state index in [1.807, 2.05) is 0 Å². The van der Waals surface area contributed by atoms with Crippen LogP contribution in [0.1, 0.15) is 15.9 Å². The van der Waals surface area contributed by atoms with Gasteiger partial charge in [-0.2, -0.15) is 0 Å². The Kier molecular flexibility index (Phi) is 3.79. The Balaban J connectivity index is 2.46. The number of hydrogen-bond donors (Lipinski definition) is 1. The van der Waals surface area contributed by atoms with Crippen LogP contribution in [0, 0.1) is 22.9 Å². The van der Waals surface area contributed by atoms with Crippen molar-refractivity contribution >= 4 is 11.7 Å². The molecule has 0 fully saturated rings. The van der Waals surface area contributed by atoms with Gasteiger partial charge >= 0.3 is 11.7 Å². The summed E-state index contributed by atoms with van der Waals surface area (Å²) in [6, 6.07) is 5.12. The summed E-state index contributed by atoms with van der Waals surface area (Å²) in [7, 11) is 0. The highest BCUT2D eigenvalue weighted by Gasteiger charge is 2.22. The molecule has 0 aliphatic carbocycles. The summed E-state index contributed by atoms with van der Waals surface area (Å²) < 4.78 is 18.9. The molecule has 108 valence electrons. The van der Waals surface area contributed by atoms with Crippen LogP contribution < -0.4 is 4.74 Å². The number of rotatable bonds is 4. The molecular weight excluding hydrogens is 283 g/mol. The maximum atomic E-state index is 13.8. The zero-order chi connectivity index (χ0) is 15.6. The molecule has 0 saturated heterocycles. The molecule has 8 heteroatoms. The van der Waals surface area contributed by atoms with Gasteiger partial charge in [-0.3, -0.25) is 10.1 Å². The molecule has 0 aliphatic rings. The zero-order valence-electron chi connectivity index (χ0n) is 10.7. The molecule has 1 aromatic carbocycles. The third-order valence-electron chi connectivity index (χ3n) is 2.64. The molecule has 2 rings (SSSR count). The number of aromatic carboxylic acids is 1. The van der Waals surface area contributed by atoms with Gasteiger partial charge in [-0.05, 0) is 18.6 Å². The average Bonchev–Trinajstić information content (AvgIpc) is 2.43. The quantitative estimate of drug-likeness (QED) is 0.686. The van der Waals surface area contributed by atoms with Gasteiger partial charge < -0.3 is 9.84 Å². The summed E-state index contributed by atoms with van der Waals surface area (Å²) in [4.78, 5) is 24.4. The zero-order valence-corrected chi connectivity index (χ0v) is 10.7. The third kappa shape index (κ3) is 2.94. The molecule has 21 heavy (non-hydrogen) atoms. The van der Waals surface area contributed by atoms with Crippen molar-refractivity contribution in [3.63, 3.8) is 0 Å². The monoisotopic (exact) mass is 292 g/mol. The number of hydrogen-bond acceptors (Lipinski definition) is 5. The van der Waals surface area contributed by atoms with Crippen molar-refractivity contribution in [2.75, 3.05) is 0 Å². The Hall–Kier alpha value is -3.03. The highest BCUT2D eigenvalue weighted by atomic mass is 19.1. The number of halogens is 1. The molecule has 0 amide bonds. The fourth-order valence-corrected chi connectivity index (χ4v) is 1.57. The van der Waals surface area contributed by atoms with Gasteiger partial charge in [0.2, 0.25) is 0 Å². The van der Waals surface area contributed by atoms with Crippen LogP contribution in [0.25, 0.3) is 0 Å². The van der Waals surface area contributed by atoms with Gasteiger partial charge in [-0.15, -0.1) is 0 Å². The van der Waals surface area contributed by atoms with Crippen LogP contribution in [0.4, 0.5) is 10.1 Å². The second-order valence-corrected chi connectivity index (χ2v) is 4.10. The smallest absolute Gasteiger partial charge is 0.337 e. The molecule has 0 saturated carbocycles. The van der Waals surface area contributed by atoms with Crippen LogP contribution in [0.2, 0.25) is 0 Å². The van der Waals surface area contributed by atoms with Gasteiger partial charge in [-0.1, -0.05) is 12.1 Å². The van der Waals surface area contributed by atoms with Gasteiger partial charge in [0.25, 0.3) is 5.88 Å². The standard InChI is InChI=1S/C13H9FN2O5/c1-7-3-2-4-10(11(7)14)21-12-9(16(19)20)5-8(6-15-12)13(17)18/h2-6H,1H3,(H,17,18). The van der Waals surface area contributed by atoms with E-state index in [1.54, 1.807) is 0 Å². The minimum absolute atomic E-state index is 0.228. The Labute approximate surface area is 117 Å². The minimum atomic E-state index is -1.36. The van der Waals surface area contributed by atoms with Crippen molar-refractivity contribution in [2.45, 2.75) is 6.92 Å². The Morgan fingerprint density at radius 2 is 2.19 bits per heavy atom. The third-order valence-corrected chi connectivity index (χ3v) is 2.64. The molecule has 0 aliphatic heterocycles. The van der Waals surface area contributed by atoms with Crippen molar-refractivity contribution in [1.82, 2.24) is 4.98 Å². The van der Waals surface area contributed by atoms with Crippen LogP contribution in [-0.2, 0) is 0 Å². The molecule has 0 spiro atoms. The Bertz CT molecular complexity index is 732. The van der Waals surface area contributed by atoms with Crippen LogP contribution in [0.15, 0.2) is 30.5 Å². The van der Waals surface area contributed by atoms with E-state index in [9.17, 15) is 19.3 Å². The Morgan fingerprint density at radius 3 is 2.81 bits per heavy atom. The predicted molar refractivity (Wildman–Crippen MR) is 69.1 cm³/mol. The SMILES string of the molecule is Cc1cccc(Oc2ncc(C(=O)O)cc2[N+](=O)[O-])c1F. The van der Waals surface area contributed by atoms with E-state index >= 15 is 0 Å². The highest BCUT2D eigenvalue weighted by molar-refractivity contribution is 5.88. The number of nitrogens with zero attached hydrogens (tertiary/aromatic N) is 2. The highest BCUT2D eigenvalue weighted by Crippen LogP contribution is 2.31. The van der Waals surface area contributed by atoms with E-state index in [0.29, 0.717) is 5.56 Å². The molecule has 1 heterocycles. The van der Waals surface area contributed by atoms with Crippen molar-refractivity contribution in [1.29, 1.82) is 0 Å². The summed E-state index contributed by atoms with van der Waals surface area (Å²) in [5.41, 5.74) is -0.716. The molecule has 1 aromatic heterocycles. The number of carboxylic acid groups (broad SMARTS) is 1. The predicted octanol–water partition coefficient (Wildman–Crippen LogP) is 2.93. The fourth-order valence-electron chi connectivity index (χ4n) is 1.57. The van der Waals surface area contributed by atoms with Crippen LogP contribution >= 0.6 is 0 Å². The normalized spacial score (nSPS) is 10.2. The molecule has 0 radical (unpaired) electrons. The van der Waals surface area contributed by atoms with E-state index in [4.69, 9.17) is 9.84 Å². The number of pyridine rings is 1. The van der Waals surface area contributed by atoms with E-state index in [0.717, 1.165) is 12.3 Å². The lowest BCUT2D eigenvalue weighted by Crippen LogP contribution is -2.02. The van der Waals surface area contributed by atoms with Crippen LogP contribution in [0.3, 0.4) is 0 Å². The number of carbonyl (C=O) groups is 1. The molecule has 0 unspecified atom stereocenters. The lowest BCUT2D eigenvalue weighted by molar-refractivity contribution is -0.386. The average molecular weight is 292 g/mol. The summed E-state index contributed by atoms with van der Waals surface area (Å²) in [5, 5.41) is 19.7. The van der Waals surface area contributed by atoms with Crippen molar-refractivity contribution in [3.05, 3.63) is 57.5 Å². The van der Waals surface area contributed by atoms with Gasteiger partial charge in [-0.25, -0.2) is 14.2 Å². The van der Waals surface area contributed by atoms with E-state index < -0.39 is 28.3 Å². The molecule has 1 N–H and O–H groups in total. The summed E-state index contributed by atoms with van der Waals surface area (Å²) >= 11 is 0. The first-order chi connectivity index (χ1) is 9.90. The number of carboxylic acids is 1.